The van der Waals surface area contributed by atoms with Crippen molar-refractivity contribution in [1.29, 1.82) is 0 Å². The molecule has 9 heteroatoms. The third-order valence-electron chi connectivity index (χ3n) is 6.15. The lowest BCUT2D eigenvalue weighted by molar-refractivity contribution is -0.132. The predicted octanol–water partition coefficient (Wildman–Crippen LogP) is 5.78. The summed E-state index contributed by atoms with van der Waals surface area (Å²) in [7, 11) is 4.36. The first-order chi connectivity index (χ1) is 18.3. The second kappa shape index (κ2) is 11.5. The Morgan fingerprint density at radius 3 is 2.32 bits per heavy atom. The number of carbonyl (C=O) groups is 2. The highest BCUT2D eigenvalue weighted by atomic mass is 35.5. The van der Waals surface area contributed by atoms with Gasteiger partial charge < -0.3 is 24.1 Å². The summed E-state index contributed by atoms with van der Waals surface area (Å²) in [6.45, 7) is 2.50. The smallest absolute Gasteiger partial charge is 0.300 e. The van der Waals surface area contributed by atoms with Gasteiger partial charge in [0.05, 0.1) is 50.1 Å². The van der Waals surface area contributed by atoms with Crippen LogP contribution in [0.5, 0.6) is 23.0 Å². The molecular formula is C29H28ClNO7. The zero-order valence-corrected chi connectivity index (χ0v) is 22.2. The summed E-state index contributed by atoms with van der Waals surface area (Å²) < 4.78 is 21.9. The molecule has 8 nitrogen and oxygen atoms in total. The third-order valence-corrected chi connectivity index (χ3v) is 6.45. The van der Waals surface area contributed by atoms with E-state index >= 15 is 0 Å². The minimum absolute atomic E-state index is 0.117. The van der Waals surface area contributed by atoms with Gasteiger partial charge >= 0.3 is 0 Å². The van der Waals surface area contributed by atoms with E-state index in [-0.39, 0.29) is 27.7 Å². The van der Waals surface area contributed by atoms with Crippen LogP contribution < -0.4 is 23.8 Å². The number of halogens is 1. The lowest BCUT2D eigenvalue weighted by Gasteiger charge is -2.26. The number of nitrogens with zero attached hydrogens (tertiary/aromatic N) is 1. The molecule has 4 rings (SSSR count). The summed E-state index contributed by atoms with van der Waals surface area (Å²) in [5.74, 6) is -0.526. The summed E-state index contributed by atoms with van der Waals surface area (Å²) in [6, 6.07) is 15.9. The number of ether oxygens (including phenoxy) is 4. The Bertz CT molecular complexity index is 1400. The second-order valence-corrected chi connectivity index (χ2v) is 8.89. The van der Waals surface area contributed by atoms with Gasteiger partial charge in [0.2, 0.25) is 0 Å². The van der Waals surface area contributed by atoms with Crippen LogP contribution in [0.4, 0.5) is 5.69 Å². The van der Waals surface area contributed by atoms with Crippen molar-refractivity contribution >= 4 is 34.7 Å². The molecule has 1 atom stereocenters. The largest absolute Gasteiger partial charge is 0.507 e. The minimum atomic E-state index is -0.973. The van der Waals surface area contributed by atoms with Gasteiger partial charge in [-0.2, -0.15) is 0 Å². The highest BCUT2D eigenvalue weighted by molar-refractivity contribution is 6.51. The lowest BCUT2D eigenvalue weighted by atomic mass is 9.94. The summed E-state index contributed by atoms with van der Waals surface area (Å²) in [5.41, 5.74) is 1.03. The molecule has 0 radical (unpaired) electrons. The van der Waals surface area contributed by atoms with E-state index in [2.05, 4.69) is 0 Å². The van der Waals surface area contributed by atoms with E-state index < -0.39 is 23.5 Å². The van der Waals surface area contributed by atoms with Crippen molar-refractivity contribution in [1.82, 2.24) is 0 Å². The van der Waals surface area contributed by atoms with Gasteiger partial charge in [0.1, 0.15) is 28.8 Å². The van der Waals surface area contributed by atoms with Gasteiger partial charge in [0.15, 0.2) is 0 Å². The van der Waals surface area contributed by atoms with Crippen LogP contribution >= 0.6 is 11.6 Å². The van der Waals surface area contributed by atoms with Crippen molar-refractivity contribution in [3.05, 3.63) is 82.4 Å². The summed E-state index contributed by atoms with van der Waals surface area (Å²) in [5, 5.41) is 11.8. The molecule has 0 aliphatic carbocycles. The molecule has 0 bridgehead atoms. The van der Waals surface area contributed by atoms with Crippen LogP contribution in [0.1, 0.15) is 30.5 Å². The molecule has 198 valence electrons. The zero-order chi connectivity index (χ0) is 27.4. The van der Waals surface area contributed by atoms with Gasteiger partial charge in [-0.15, -0.1) is 0 Å². The standard InChI is InChI=1S/C29H28ClNO7/c1-5-12-38-20-11-6-8-17(13-20)26-25(27(32)21-15-24(37-4)22(30)16-23(21)36-3)28(33)29(34)31(26)18-9-7-10-19(14-18)35-2/h6-11,13-16,26,32H,5,12H2,1-4H3/b27-25+. The van der Waals surface area contributed by atoms with E-state index in [4.69, 9.17) is 30.5 Å². The lowest BCUT2D eigenvalue weighted by Crippen LogP contribution is -2.29. The number of methoxy groups -OCH3 is 3. The number of carbonyl (C=O) groups excluding carboxylic acids is 2. The molecular weight excluding hydrogens is 510 g/mol. The van der Waals surface area contributed by atoms with E-state index in [1.165, 1.54) is 38.4 Å². The summed E-state index contributed by atoms with van der Waals surface area (Å²) in [4.78, 5) is 28.4. The zero-order valence-electron chi connectivity index (χ0n) is 21.5. The number of aliphatic hydroxyl groups is 1. The summed E-state index contributed by atoms with van der Waals surface area (Å²) in [6.07, 6.45) is 0.810. The Hall–Kier alpha value is -4.17. The maximum Gasteiger partial charge on any atom is 0.300 e. The van der Waals surface area contributed by atoms with Crippen molar-refractivity contribution < 1.29 is 33.6 Å². The normalized spacial score (nSPS) is 16.4. The molecule has 1 fully saturated rings. The van der Waals surface area contributed by atoms with Gasteiger partial charge in [-0.3, -0.25) is 14.5 Å². The monoisotopic (exact) mass is 537 g/mol. The molecule has 38 heavy (non-hydrogen) atoms. The number of aliphatic hydroxyl groups excluding tert-OH is 1. The van der Waals surface area contributed by atoms with Crippen molar-refractivity contribution in [3.8, 4) is 23.0 Å². The Kier molecular flexibility index (Phi) is 8.12. The molecule has 1 aliphatic rings. The fourth-order valence-electron chi connectivity index (χ4n) is 4.36. The van der Waals surface area contributed by atoms with Crippen LogP contribution in [-0.2, 0) is 9.59 Å². The quantitative estimate of drug-likeness (QED) is 0.210. The van der Waals surface area contributed by atoms with Gasteiger partial charge in [-0.05, 0) is 42.3 Å². The van der Waals surface area contributed by atoms with Crippen LogP contribution in [-0.4, -0.2) is 44.7 Å². The maximum absolute atomic E-state index is 13.6. The maximum atomic E-state index is 13.6. The van der Waals surface area contributed by atoms with Crippen molar-refractivity contribution in [2.45, 2.75) is 19.4 Å². The van der Waals surface area contributed by atoms with Gasteiger partial charge in [0, 0.05) is 17.8 Å². The number of ketones is 1. The molecule has 1 N–H and O–H groups in total. The second-order valence-electron chi connectivity index (χ2n) is 8.48. The molecule has 1 heterocycles. The van der Waals surface area contributed by atoms with Crippen LogP contribution in [0.15, 0.2) is 66.2 Å². The molecule has 1 saturated heterocycles. The van der Waals surface area contributed by atoms with Crippen LogP contribution in [0.2, 0.25) is 5.02 Å². The first kappa shape index (κ1) is 26.9. The van der Waals surface area contributed by atoms with E-state index in [0.29, 0.717) is 29.4 Å². The average Bonchev–Trinajstić information content (AvgIpc) is 3.21. The van der Waals surface area contributed by atoms with Crippen molar-refractivity contribution in [2.24, 2.45) is 0 Å². The van der Waals surface area contributed by atoms with Crippen LogP contribution in [0.3, 0.4) is 0 Å². The van der Waals surface area contributed by atoms with Crippen molar-refractivity contribution in [3.63, 3.8) is 0 Å². The van der Waals surface area contributed by atoms with E-state index in [1.54, 1.807) is 48.5 Å². The molecule has 1 aliphatic heterocycles. The number of amides is 1. The molecule has 1 amide bonds. The molecule has 0 spiro atoms. The third kappa shape index (κ3) is 4.99. The molecule has 3 aromatic rings. The predicted molar refractivity (Wildman–Crippen MR) is 145 cm³/mol. The Morgan fingerprint density at radius 2 is 1.63 bits per heavy atom. The number of hydrogen-bond acceptors (Lipinski definition) is 7. The molecule has 0 aromatic heterocycles. The van der Waals surface area contributed by atoms with Gasteiger partial charge in [-0.25, -0.2) is 0 Å². The molecule has 3 aromatic carbocycles. The number of anilines is 1. The SMILES string of the molecule is CCCOc1cccc(C2/C(=C(\O)c3cc(OC)c(Cl)cc3OC)C(=O)C(=O)N2c2cccc(OC)c2)c1. The van der Waals surface area contributed by atoms with Crippen molar-refractivity contribution in [2.75, 3.05) is 32.8 Å². The number of rotatable bonds is 9. The average molecular weight is 538 g/mol. The van der Waals surface area contributed by atoms with E-state index in [1.807, 2.05) is 6.92 Å². The number of Topliss-reactive ketones (excluding diaryl/α,β-unsaturated/α-hetero) is 1. The fraction of sp³-hybridized carbons (Fsp3) is 0.241. The molecule has 0 saturated carbocycles. The highest BCUT2D eigenvalue weighted by Crippen LogP contribution is 2.45. The first-order valence-electron chi connectivity index (χ1n) is 11.9. The van der Waals surface area contributed by atoms with Gasteiger partial charge in [-0.1, -0.05) is 36.7 Å². The Morgan fingerprint density at radius 1 is 0.921 bits per heavy atom. The first-order valence-corrected chi connectivity index (χ1v) is 12.3. The minimum Gasteiger partial charge on any atom is -0.507 e. The highest BCUT2D eigenvalue weighted by Gasteiger charge is 2.47. The van der Waals surface area contributed by atoms with E-state index in [0.717, 1.165) is 6.42 Å². The topological polar surface area (TPSA) is 94.5 Å². The Balaban J connectivity index is 1.98. The van der Waals surface area contributed by atoms with Crippen LogP contribution in [0, 0.1) is 0 Å². The number of hydrogen-bond donors (Lipinski definition) is 1. The van der Waals surface area contributed by atoms with Gasteiger partial charge in [0.25, 0.3) is 11.7 Å². The van der Waals surface area contributed by atoms with E-state index in [9.17, 15) is 14.7 Å². The Labute approximate surface area is 225 Å². The fourth-order valence-corrected chi connectivity index (χ4v) is 4.59. The molecule has 1 unspecified atom stereocenters. The summed E-state index contributed by atoms with van der Waals surface area (Å²) >= 11 is 6.25. The van der Waals surface area contributed by atoms with Crippen LogP contribution in [0.25, 0.3) is 5.76 Å². The number of benzene rings is 3.